The SMILES string of the molecule is O=C(NCC1Cc2ccccc2CO1)c1ccc(F)c(F)c1F. The first-order chi connectivity index (χ1) is 11.1. The number of fused-ring (bicyclic) bond motifs is 1. The minimum atomic E-state index is -1.65. The first-order valence-corrected chi connectivity index (χ1v) is 7.16. The van der Waals surface area contributed by atoms with E-state index in [1.807, 2.05) is 24.3 Å². The highest BCUT2D eigenvalue weighted by Gasteiger charge is 2.22. The normalized spacial score (nSPS) is 16.7. The summed E-state index contributed by atoms with van der Waals surface area (Å²) in [6.45, 7) is 0.599. The molecule has 0 saturated carbocycles. The van der Waals surface area contributed by atoms with E-state index in [1.165, 1.54) is 0 Å². The van der Waals surface area contributed by atoms with Gasteiger partial charge in [0, 0.05) is 13.0 Å². The molecule has 3 nitrogen and oxygen atoms in total. The molecule has 1 aliphatic heterocycles. The molecule has 23 heavy (non-hydrogen) atoms. The van der Waals surface area contributed by atoms with E-state index in [2.05, 4.69) is 5.32 Å². The number of amides is 1. The number of carbonyl (C=O) groups excluding carboxylic acids is 1. The Balaban J connectivity index is 1.63. The van der Waals surface area contributed by atoms with Gasteiger partial charge in [0.25, 0.3) is 5.91 Å². The smallest absolute Gasteiger partial charge is 0.254 e. The molecule has 0 saturated heterocycles. The summed E-state index contributed by atoms with van der Waals surface area (Å²) in [5, 5.41) is 2.49. The minimum absolute atomic E-state index is 0.158. The summed E-state index contributed by atoms with van der Waals surface area (Å²) in [6.07, 6.45) is 0.374. The second kappa shape index (κ2) is 6.42. The molecule has 1 aliphatic rings. The Morgan fingerprint density at radius 1 is 1.09 bits per heavy atom. The van der Waals surface area contributed by atoms with Crippen LogP contribution < -0.4 is 5.32 Å². The molecule has 2 aromatic carbocycles. The van der Waals surface area contributed by atoms with E-state index in [4.69, 9.17) is 4.74 Å². The highest BCUT2D eigenvalue weighted by atomic mass is 19.2. The number of halogens is 3. The summed E-state index contributed by atoms with van der Waals surface area (Å²) < 4.78 is 45.2. The molecule has 1 amide bonds. The molecule has 2 aromatic rings. The van der Waals surface area contributed by atoms with Gasteiger partial charge in [0.1, 0.15) is 0 Å². The van der Waals surface area contributed by atoms with Gasteiger partial charge in [0.05, 0.1) is 18.3 Å². The third-order valence-electron chi connectivity index (χ3n) is 3.81. The van der Waals surface area contributed by atoms with Gasteiger partial charge >= 0.3 is 0 Å². The molecule has 0 spiro atoms. The van der Waals surface area contributed by atoms with E-state index >= 15 is 0 Å². The fourth-order valence-electron chi connectivity index (χ4n) is 2.54. The van der Waals surface area contributed by atoms with Crippen LogP contribution in [0.3, 0.4) is 0 Å². The van der Waals surface area contributed by atoms with Crippen LogP contribution in [0.1, 0.15) is 21.5 Å². The average Bonchev–Trinajstić information content (AvgIpc) is 2.57. The van der Waals surface area contributed by atoms with Gasteiger partial charge in [0.2, 0.25) is 0 Å². The zero-order valence-electron chi connectivity index (χ0n) is 12.1. The molecule has 0 fully saturated rings. The lowest BCUT2D eigenvalue weighted by atomic mass is 9.99. The Labute approximate surface area is 131 Å². The number of nitrogens with one attached hydrogen (secondary N) is 1. The summed E-state index contributed by atoms with van der Waals surface area (Å²) in [6, 6.07) is 9.45. The van der Waals surface area contributed by atoms with Gasteiger partial charge in [-0.3, -0.25) is 4.79 Å². The summed E-state index contributed by atoms with van der Waals surface area (Å²) >= 11 is 0. The second-order valence-electron chi connectivity index (χ2n) is 5.34. The van der Waals surface area contributed by atoms with Crippen molar-refractivity contribution >= 4 is 5.91 Å². The van der Waals surface area contributed by atoms with Crippen LogP contribution in [0.15, 0.2) is 36.4 Å². The average molecular weight is 321 g/mol. The number of benzene rings is 2. The Hall–Kier alpha value is -2.34. The zero-order valence-corrected chi connectivity index (χ0v) is 12.1. The van der Waals surface area contributed by atoms with E-state index in [9.17, 15) is 18.0 Å². The van der Waals surface area contributed by atoms with Gasteiger partial charge in [-0.05, 0) is 23.3 Å². The maximum Gasteiger partial charge on any atom is 0.254 e. The zero-order chi connectivity index (χ0) is 16.4. The van der Waals surface area contributed by atoms with Crippen LogP contribution in [0.2, 0.25) is 0 Å². The van der Waals surface area contributed by atoms with Crippen LogP contribution in [0.25, 0.3) is 0 Å². The predicted molar refractivity (Wildman–Crippen MR) is 77.4 cm³/mol. The number of carbonyl (C=O) groups is 1. The topological polar surface area (TPSA) is 38.3 Å². The first-order valence-electron chi connectivity index (χ1n) is 7.16. The van der Waals surface area contributed by atoms with Crippen molar-refractivity contribution in [2.24, 2.45) is 0 Å². The van der Waals surface area contributed by atoms with Crippen molar-refractivity contribution in [2.75, 3.05) is 6.54 Å². The van der Waals surface area contributed by atoms with Gasteiger partial charge in [-0.2, -0.15) is 0 Å². The van der Waals surface area contributed by atoms with Gasteiger partial charge in [-0.1, -0.05) is 24.3 Å². The van der Waals surface area contributed by atoms with E-state index < -0.39 is 28.9 Å². The van der Waals surface area contributed by atoms with E-state index in [-0.39, 0.29) is 12.6 Å². The molecule has 1 atom stereocenters. The molecule has 1 unspecified atom stereocenters. The van der Waals surface area contributed by atoms with Crippen molar-refractivity contribution in [1.29, 1.82) is 0 Å². The molecule has 1 N–H and O–H groups in total. The molecule has 3 rings (SSSR count). The van der Waals surface area contributed by atoms with Crippen molar-refractivity contribution in [2.45, 2.75) is 19.1 Å². The molecule has 0 aromatic heterocycles. The van der Waals surface area contributed by atoms with Gasteiger partial charge in [0.15, 0.2) is 17.5 Å². The second-order valence-corrected chi connectivity index (χ2v) is 5.34. The summed E-state index contributed by atoms with van der Waals surface area (Å²) in [4.78, 5) is 11.9. The Kier molecular flexibility index (Phi) is 4.34. The molecule has 0 aliphatic carbocycles. The van der Waals surface area contributed by atoms with Crippen molar-refractivity contribution in [3.05, 3.63) is 70.5 Å². The highest BCUT2D eigenvalue weighted by molar-refractivity contribution is 5.94. The van der Waals surface area contributed by atoms with Crippen molar-refractivity contribution in [3.63, 3.8) is 0 Å². The number of hydrogen-bond donors (Lipinski definition) is 1. The lowest BCUT2D eigenvalue weighted by Gasteiger charge is -2.25. The Morgan fingerprint density at radius 3 is 2.61 bits per heavy atom. The van der Waals surface area contributed by atoms with Crippen LogP contribution in [0, 0.1) is 17.5 Å². The predicted octanol–water partition coefficient (Wildman–Crippen LogP) is 2.98. The molecule has 1 heterocycles. The summed E-state index contributed by atoms with van der Waals surface area (Å²) in [5.41, 5.74) is 1.71. The third kappa shape index (κ3) is 3.22. The summed E-state index contributed by atoms with van der Waals surface area (Å²) in [7, 11) is 0. The monoisotopic (exact) mass is 321 g/mol. The van der Waals surface area contributed by atoms with Gasteiger partial charge in [-0.25, -0.2) is 13.2 Å². The van der Waals surface area contributed by atoms with Crippen molar-refractivity contribution in [3.8, 4) is 0 Å². The molecule has 0 bridgehead atoms. The van der Waals surface area contributed by atoms with Gasteiger partial charge < -0.3 is 10.1 Å². The van der Waals surface area contributed by atoms with Crippen LogP contribution in [-0.2, 0) is 17.8 Å². The lowest BCUT2D eigenvalue weighted by molar-refractivity contribution is 0.0284. The van der Waals surface area contributed by atoms with E-state index in [1.54, 1.807) is 0 Å². The fourth-order valence-corrected chi connectivity index (χ4v) is 2.54. The third-order valence-corrected chi connectivity index (χ3v) is 3.81. The minimum Gasteiger partial charge on any atom is -0.371 e. The number of ether oxygens (including phenoxy) is 1. The molecule has 6 heteroatoms. The van der Waals surface area contributed by atoms with Crippen molar-refractivity contribution in [1.82, 2.24) is 5.32 Å². The summed E-state index contributed by atoms with van der Waals surface area (Å²) in [5.74, 6) is -5.27. The molecular weight excluding hydrogens is 307 g/mol. The maximum absolute atomic E-state index is 13.6. The van der Waals surface area contributed by atoms with Crippen LogP contribution in [0.4, 0.5) is 13.2 Å². The highest BCUT2D eigenvalue weighted by Crippen LogP contribution is 2.20. The lowest BCUT2D eigenvalue weighted by Crippen LogP contribution is -2.37. The van der Waals surface area contributed by atoms with Gasteiger partial charge in [-0.15, -0.1) is 0 Å². The molecule has 120 valence electrons. The Bertz CT molecular complexity index is 749. The van der Waals surface area contributed by atoms with Crippen molar-refractivity contribution < 1.29 is 22.7 Å². The first kappa shape index (κ1) is 15.6. The standard InChI is InChI=1S/C17H14F3NO2/c18-14-6-5-13(15(19)16(14)20)17(22)21-8-12-7-10-3-1-2-4-11(10)9-23-12/h1-6,12H,7-9H2,(H,21,22). The van der Waals surface area contributed by atoms with Crippen LogP contribution in [-0.4, -0.2) is 18.6 Å². The largest absolute Gasteiger partial charge is 0.371 e. The van der Waals surface area contributed by atoms with E-state index in [0.29, 0.717) is 13.0 Å². The fraction of sp³-hybridized carbons (Fsp3) is 0.235. The number of hydrogen-bond acceptors (Lipinski definition) is 2. The molecular formula is C17H14F3NO2. The van der Waals surface area contributed by atoms with Crippen LogP contribution in [0.5, 0.6) is 0 Å². The van der Waals surface area contributed by atoms with Crippen LogP contribution >= 0.6 is 0 Å². The maximum atomic E-state index is 13.6. The van der Waals surface area contributed by atoms with E-state index in [0.717, 1.165) is 23.3 Å². The Morgan fingerprint density at radius 2 is 1.83 bits per heavy atom. The molecule has 0 radical (unpaired) electrons. The number of rotatable bonds is 3. The quantitative estimate of drug-likeness (QED) is 0.883.